The first kappa shape index (κ1) is 18.4. The fourth-order valence-corrected chi connectivity index (χ4v) is 3.63. The van der Waals surface area contributed by atoms with Gasteiger partial charge in [-0.1, -0.05) is 12.1 Å². The Morgan fingerprint density at radius 2 is 1.96 bits per heavy atom. The summed E-state index contributed by atoms with van der Waals surface area (Å²) >= 11 is 0. The lowest BCUT2D eigenvalue weighted by atomic mass is 9.94. The van der Waals surface area contributed by atoms with Crippen LogP contribution in [-0.4, -0.2) is 41.8 Å². The summed E-state index contributed by atoms with van der Waals surface area (Å²) in [5.41, 5.74) is 1.11. The van der Waals surface area contributed by atoms with Crippen LogP contribution in [0.15, 0.2) is 24.3 Å². The highest BCUT2D eigenvalue weighted by Gasteiger charge is 2.41. The van der Waals surface area contributed by atoms with Crippen molar-refractivity contribution in [3.05, 3.63) is 41.2 Å². The van der Waals surface area contributed by atoms with E-state index in [2.05, 4.69) is 4.74 Å². The smallest absolute Gasteiger partial charge is 0.411 e. The second-order valence-electron chi connectivity index (χ2n) is 7.77. The van der Waals surface area contributed by atoms with Crippen molar-refractivity contribution in [2.24, 2.45) is 0 Å². The molecule has 2 atom stereocenters. The minimum absolute atomic E-state index is 0.0399. The van der Waals surface area contributed by atoms with E-state index in [9.17, 15) is 14.0 Å². The van der Waals surface area contributed by atoms with Gasteiger partial charge in [0.1, 0.15) is 11.4 Å². The van der Waals surface area contributed by atoms with Gasteiger partial charge in [0.25, 0.3) is 0 Å². The largest absolute Gasteiger partial charge is 0.465 e. The Morgan fingerprint density at radius 1 is 1.23 bits per heavy atom. The van der Waals surface area contributed by atoms with Gasteiger partial charge in [0, 0.05) is 6.04 Å². The summed E-state index contributed by atoms with van der Waals surface area (Å²) in [7, 11) is 1.22. The van der Waals surface area contributed by atoms with Crippen LogP contribution in [0, 0.1) is 5.82 Å². The lowest BCUT2D eigenvalue weighted by Crippen LogP contribution is -2.45. The third-order valence-electron chi connectivity index (χ3n) is 4.74. The van der Waals surface area contributed by atoms with Crippen LogP contribution < -0.4 is 0 Å². The van der Waals surface area contributed by atoms with E-state index in [0.29, 0.717) is 6.42 Å². The average molecular weight is 361 g/mol. The highest BCUT2D eigenvalue weighted by molar-refractivity contribution is 5.90. The second-order valence-corrected chi connectivity index (χ2v) is 7.77. The summed E-state index contributed by atoms with van der Waals surface area (Å²) in [5.74, 6) is -1.29. The number of halogens is 1. The van der Waals surface area contributed by atoms with Gasteiger partial charge in [0.15, 0.2) is 0 Å². The molecule has 1 saturated heterocycles. The van der Waals surface area contributed by atoms with Gasteiger partial charge in [-0.25, -0.2) is 14.0 Å². The molecule has 2 heterocycles. The summed E-state index contributed by atoms with van der Waals surface area (Å²) in [4.78, 5) is 25.8. The number of carbonyl (C=O) groups excluding carboxylic acids is 2. The molecule has 3 rings (SSSR count). The summed E-state index contributed by atoms with van der Waals surface area (Å²) in [6.07, 6.45) is 4.13. The van der Waals surface area contributed by atoms with Crippen molar-refractivity contribution < 1.29 is 23.5 Å². The molecule has 2 aliphatic heterocycles. The predicted octanol–water partition coefficient (Wildman–Crippen LogP) is 4.17. The molecule has 0 radical (unpaired) electrons. The number of ether oxygens (including phenoxy) is 2. The van der Waals surface area contributed by atoms with Crippen LogP contribution in [-0.2, 0) is 9.47 Å². The minimum Gasteiger partial charge on any atom is -0.465 e. The molecular weight excluding hydrogens is 337 g/mol. The van der Waals surface area contributed by atoms with Crippen LogP contribution in [0.3, 0.4) is 0 Å². The molecule has 1 fully saturated rings. The van der Waals surface area contributed by atoms with Crippen molar-refractivity contribution in [3.8, 4) is 0 Å². The van der Waals surface area contributed by atoms with Gasteiger partial charge >= 0.3 is 12.1 Å². The van der Waals surface area contributed by atoms with Crippen molar-refractivity contribution >= 4 is 17.6 Å². The van der Waals surface area contributed by atoms with Crippen LogP contribution >= 0.6 is 0 Å². The van der Waals surface area contributed by atoms with Crippen LogP contribution in [0.1, 0.15) is 56.0 Å². The Morgan fingerprint density at radius 3 is 2.54 bits per heavy atom. The summed E-state index contributed by atoms with van der Waals surface area (Å²) < 4.78 is 24.3. The molecule has 140 valence electrons. The number of amides is 1. The first-order valence-electron chi connectivity index (χ1n) is 8.80. The minimum atomic E-state index is -0.692. The number of esters is 1. The van der Waals surface area contributed by atoms with Gasteiger partial charge < -0.3 is 9.47 Å². The molecular formula is C20H24FNO4. The number of methoxy groups -OCH3 is 1. The highest BCUT2D eigenvalue weighted by atomic mass is 19.1. The lowest BCUT2D eigenvalue weighted by molar-refractivity contribution is 0.0175. The van der Waals surface area contributed by atoms with Gasteiger partial charge in [0.05, 0.1) is 18.7 Å². The van der Waals surface area contributed by atoms with Crippen molar-refractivity contribution in [1.29, 1.82) is 0 Å². The van der Waals surface area contributed by atoms with Crippen molar-refractivity contribution in [3.63, 3.8) is 0 Å². The Labute approximate surface area is 152 Å². The molecule has 2 bridgehead atoms. The third kappa shape index (κ3) is 3.59. The number of rotatable bonds is 2. The molecule has 0 aromatic heterocycles. The molecule has 26 heavy (non-hydrogen) atoms. The van der Waals surface area contributed by atoms with E-state index in [4.69, 9.17) is 4.74 Å². The van der Waals surface area contributed by atoms with Crippen LogP contribution in [0.4, 0.5) is 9.18 Å². The monoisotopic (exact) mass is 361 g/mol. The third-order valence-corrected chi connectivity index (χ3v) is 4.74. The zero-order chi connectivity index (χ0) is 19.1. The molecule has 1 amide bonds. The standard InChI is InChI=1S/C20H24FNO4/c1-20(2,3)26-19(24)22-14-6-7-15(22)10-13(9-14)12-5-8-16(17(21)11-12)18(23)25-4/h5,8-9,11,14-15H,6-7,10H2,1-4H3. The van der Waals surface area contributed by atoms with Crippen LogP contribution in [0.5, 0.6) is 0 Å². The van der Waals surface area contributed by atoms with Crippen molar-refractivity contribution in [2.45, 2.75) is 57.7 Å². The van der Waals surface area contributed by atoms with E-state index in [0.717, 1.165) is 24.0 Å². The topological polar surface area (TPSA) is 55.8 Å². The van der Waals surface area contributed by atoms with Gasteiger partial charge in [-0.2, -0.15) is 0 Å². The number of hydrogen-bond acceptors (Lipinski definition) is 4. The van der Waals surface area contributed by atoms with Crippen LogP contribution in [0.25, 0.3) is 5.57 Å². The van der Waals surface area contributed by atoms with Crippen molar-refractivity contribution in [1.82, 2.24) is 4.90 Å². The second kappa shape index (κ2) is 6.74. The van der Waals surface area contributed by atoms with E-state index in [1.54, 1.807) is 11.0 Å². The van der Waals surface area contributed by atoms with E-state index in [1.807, 2.05) is 26.8 Å². The molecule has 0 N–H and O–H groups in total. The molecule has 0 spiro atoms. The first-order chi connectivity index (χ1) is 12.2. The van der Waals surface area contributed by atoms with Crippen molar-refractivity contribution in [2.75, 3.05) is 7.11 Å². The van der Waals surface area contributed by atoms with E-state index in [1.165, 1.54) is 19.2 Å². The van der Waals surface area contributed by atoms with Crippen LogP contribution in [0.2, 0.25) is 0 Å². The zero-order valence-corrected chi connectivity index (χ0v) is 15.5. The molecule has 2 unspecified atom stereocenters. The predicted molar refractivity (Wildman–Crippen MR) is 95.2 cm³/mol. The normalized spacial score (nSPS) is 22.0. The summed E-state index contributed by atoms with van der Waals surface area (Å²) in [6.45, 7) is 5.55. The number of fused-ring (bicyclic) bond motifs is 2. The Balaban J connectivity index is 1.82. The number of carbonyl (C=O) groups is 2. The van der Waals surface area contributed by atoms with Gasteiger partial charge in [0.2, 0.25) is 0 Å². The maximum atomic E-state index is 14.2. The molecule has 0 aliphatic carbocycles. The molecule has 2 aliphatic rings. The Bertz CT molecular complexity index is 766. The molecule has 6 heteroatoms. The number of benzene rings is 1. The number of hydrogen-bond donors (Lipinski definition) is 0. The lowest BCUT2D eigenvalue weighted by Gasteiger charge is -2.35. The number of nitrogens with zero attached hydrogens (tertiary/aromatic N) is 1. The SMILES string of the molecule is COC(=O)c1ccc(C2=CC3CCC(C2)N3C(=O)OC(C)(C)C)cc1F. The summed E-state index contributed by atoms with van der Waals surface area (Å²) in [5, 5.41) is 0. The fraction of sp³-hybridized carbons (Fsp3) is 0.500. The van der Waals surface area contributed by atoms with Gasteiger partial charge in [-0.05, 0) is 63.3 Å². The van der Waals surface area contributed by atoms with E-state index in [-0.39, 0.29) is 23.7 Å². The van der Waals surface area contributed by atoms with Gasteiger partial charge in [-0.15, -0.1) is 0 Å². The summed E-state index contributed by atoms with van der Waals surface area (Å²) in [6, 6.07) is 4.55. The van der Waals surface area contributed by atoms with E-state index < -0.39 is 17.4 Å². The average Bonchev–Trinajstić information content (AvgIpc) is 2.83. The molecule has 0 saturated carbocycles. The Kier molecular flexibility index (Phi) is 4.78. The molecule has 1 aromatic rings. The maximum absolute atomic E-state index is 14.2. The maximum Gasteiger partial charge on any atom is 0.411 e. The molecule has 1 aromatic carbocycles. The molecule has 5 nitrogen and oxygen atoms in total. The Hall–Kier alpha value is -2.37. The highest BCUT2D eigenvalue weighted by Crippen LogP contribution is 2.39. The zero-order valence-electron chi connectivity index (χ0n) is 15.5. The van der Waals surface area contributed by atoms with E-state index >= 15 is 0 Å². The van der Waals surface area contributed by atoms with Gasteiger partial charge in [-0.3, -0.25) is 4.90 Å². The first-order valence-corrected chi connectivity index (χ1v) is 8.80. The fourth-order valence-electron chi connectivity index (χ4n) is 3.63. The quantitative estimate of drug-likeness (QED) is 0.742.